The summed E-state index contributed by atoms with van der Waals surface area (Å²) >= 11 is 6.69. The van der Waals surface area contributed by atoms with Crippen LogP contribution < -0.4 is 4.74 Å². The third kappa shape index (κ3) is 4.31. The lowest BCUT2D eigenvalue weighted by atomic mass is 9.79. The number of fused-ring (bicyclic) bond motifs is 4. The van der Waals surface area contributed by atoms with Crippen molar-refractivity contribution in [1.29, 1.82) is 0 Å². The average molecular weight is 495 g/mol. The summed E-state index contributed by atoms with van der Waals surface area (Å²) in [7, 11) is 0. The molecule has 7 rings (SSSR count). The van der Waals surface area contributed by atoms with Crippen molar-refractivity contribution in [3.05, 3.63) is 52.5 Å². The molecular formula is C29H35ClN2O3. The molecule has 5 nitrogen and oxygen atoms in total. The van der Waals surface area contributed by atoms with Gasteiger partial charge >= 0.3 is 6.09 Å². The molecule has 2 aromatic carbocycles. The van der Waals surface area contributed by atoms with Crippen LogP contribution in [0.15, 0.2) is 36.4 Å². The molecule has 2 aromatic rings. The lowest BCUT2D eigenvalue weighted by Gasteiger charge is -2.51. The number of hydrogen-bond acceptors (Lipinski definition) is 3. The van der Waals surface area contributed by atoms with Crippen LogP contribution in [0.1, 0.15) is 56.7 Å². The third-order valence-electron chi connectivity index (χ3n) is 8.74. The second kappa shape index (κ2) is 8.70. The number of amides is 1. The Morgan fingerprint density at radius 3 is 2.54 bits per heavy atom. The minimum absolute atomic E-state index is 0.0718. The van der Waals surface area contributed by atoms with Gasteiger partial charge in [0.25, 0.3) is 0 Å². The summed E-state index contributed by atoms with van der Waals surface area (Å²) in [6, 6.07) is 12.4. The molecule has 0 spiro atoms. The van der Waals surface area contributed by atoms with Crippen molar-refractivity contribution in [2.75, 3.05) is 26.2 Å². The first-order chi connectivity index (χ1) is 16.8. The average Bonchev–Trinajstić information content (AvgIpc) is 3.62. The molecule has 0 radical (unpaired) electrons. The second-order valence-electron chi connectivity index (χ2n) is 11.8. The summed E-state index contributed by atoms with van der Waals surface area (Å²) in [4.78, 5) is 17.0. The highest BCUT2D eigenvalue weighted by molar-refractivity contribution is 6.33. The zero-order valence-electron chi connectivity index (χ0n) is 20.7. The molecule has 1 N–H and O–H groups in total. The molecule has 4 fully saturated rings. The van der Waals surface area contributed by atoms with E-state index < -0.39 is 6.09 Å². The van der Waals surface area contributed by atoms with Gasteiger partial charge in [-0.2, -0.15) is 0 Å². The number of benzene rings is 2. The molecule has 5 aliphatic rings. The molecule has 6 heteroatoms. The van der Waals surface area contributed by atoms with E-state index in [0.29, 0.717) is 16.9 Å². The van der Waals surface area contributed by atoms with Gasteiger partial charge in [-0.25, -0.2) is 4.79 Å². The number of rotatable bonds is 6. The van der Waals surface area contributed by atoms with E-state index in [1.165, 1.54) is 18.4 Å². The fourth-order valence-corrected chi connectivity index (χ4v) is 7.02. The zero-order valence-corrected chi connectivity index (χ0v) is 21.4. The van der Waals surface area contributed by atoms with Crippen LogP contribution in [0.3, 0.4) is 0 Å². The molecule has 0 aromatic heterocycles. The standard InChI is InChI=1S/C29H35ClN2O3/c1-29(2)15-21-13-20(23-8-6-22(14-25(23)30)35-17-18-3-4-18)5-7-24(21)27(29)32(28(33)34)26-16-31-11-9-19(26)10-12-31/h5-8,13-14,18-19,26-27H,3-4,9-12,15-17H2,1-2H3,(H,33,34)/t26-,27+/m1/s1. The first-order valence-electron chi connectivity index (χ1n) is 13.1. The van der Waals surface area contributed by atoms with Crippen LogP contribution in [0.2, 0.25) is 5.02 Å². The van der Waals surface area contributed by atoms with Gasteiger partial charge in [-0.15, -0.1) is 0 Å². The summed E-state index contributed by atoms with van der Waals surface area (Å²) < 4.78 is 5.90. The number of halogens is 1. The quantitative estimate of drug-likeness (QED) is 0.498. The Morgan fingerprint density at radius 2 is 1.91 bits per heavy atom. The first kappa shape index (κ1) is 23.2. The van der Waals surface area contributed by atoms with E-state index in [2.05, 4.69) is 36.9 Å². The van der Waals surface area contributed by atoms with Gasteiger partial charge in [-0.3, -0.25) is 4.90 Å². The molecular weight excluding hydrogens is 460 g/mol. The smallest absolute Gasteiger partial charge is 0.408 e. The second-order valence-corrected chi connectivity index (χ2v) is 12.2. The van der Waals surface area contributed by atoms with Crippen LogP contribution in [0.4, 0.5) is 4.79 Å². The van der Waals surface area contributed by atoms with Gasteiger partial charge in [-0.05, 0) is 97.3 Å². The number of carbonyl (C=O) groups is 1. The maximum Gasteiger partial charge on any atom is 0.408 e. The van der Waals surface area contributed by atoms with Crippen LogP contribution in [-0.4, -0.2) is 53.3 Å². The van der Waals surface area contributed by atoms with E-state index in [1.54, 1.807) is 0 Å². The molecule has 2 atom stereocenters. The molecule has 2 bridgehead atoms. The van der Waals surface area contributed by atoms with E-state index in [1.807, 2.05) is 23.1 Å². The zero-order chi connectivity index (χ0) is 24.3. The van der Waals surface area contributed by atoms with Crippen molar-refractivity contribution in [2.45, 2.75) is 58.0 Å². The molecule has 2 aliphatic carbocycles. The van der Waals surface area contributed by atoms with Gasteiger partial charge in [0.15, 0.2) is 0 Å². The maximum atomic E-state index is 12.7. The highest BCUT2D eigenvalue weighted by Gasteiger charge is 2.50. The molecule has 35 heavy (non-hydrogen) atoms. The van der Waals surface area contributed by atoms with Gasteiger partial charge in [0.1, 0.15) is 5.75 Å². The Kier molecular flexibility index (Phi) is 5.76. The first-order valence-corrected chi connectivity index (χ1v) is 13.5. The maximum absolute atomic E-state index is 12.7. The van der Waals surface area contributed by atoms with E-state index in [4.69, 9.17) is 16.3 Å². The molecule has 0 unspecified atom stereocenters. The Labute approximate surface area is 213 Å². The summed E-state index contributed by atoms with van der Waals surface area (Å²) in [5.41, 5.74) is 4.27. The van der Waals surface area contributed by atoms with Gasteiger partial charge < -0.3 is 14.7 Å². The van der Waals surface area contributed by atoms with E-state index in [-0.39, 0.29) is 17.5 Å². The highest BCUT2D eigenvalue weighted by Crippen LogP contribution is 2.52. The number of hydrogen-bond donors (Lipinski definition) is 1. The van der Waals surface area contributed by atoms with Gasteiger partial charge in [0.05, 0.1) is 23.7 Å². The fourth-order valence-electron chi connectivity index (χ4n) is 6.74. The summed E-state index contributed by atoms with van der Waals surface area (Å²) in [5, 5.41) is 11.1. The van der Waals surface area contributed by atoms with E-state index in [0.717, 1.165) is 67.9 Å². The predicted molar refractivity (Wildman–Crippen MR) is 138 cm³/mol. The predicted octanol–water partition coefficient (Wildman–Crippen LogP) is 6.49. The number of piperidine rings is 3. The number of nitrogens with zero attached hydrogens (tertiary/aromatic N) is 2. The fraction of sp³-hybridized carbons (Fsp3) is 0.552. The van der Waals surface area contributed by atoms with Crippen molar-refractivity contribution in [3.63, 3.8) is 0 Å². The highest BCUT2D eigenvalue weighted by atomic mass is 35.5. The lowest BCUT2D eigenvalue weighted by molar-refractivity contribution is -0.0267. The minimum Gasteiger partial charge on any atom is -0.493 e. The summed E-state index contributed by atoms with van der Waals surface area (Å²) in [5.74, 6) is 1.99. The van der Waals surface area contributed by atoms with E-state index in [9.17, 15) is 9.90 Å². The molecule has 3 saturated heterocycles. The van der Waals surface area contributed by atoms with Gasteiger partial charge in [0.2, 0.25) is 0 Å². The summed E-state index contributed by atoms with van der Waals surface area (Å²) in [6.07, 6.45) is 4.79. The van der Waals surface area contributed by atoms with Crippen molar-refractivity contribution in [3.8, 4) is 16.9 Å². The van der Waals surface area contributed by atoms with Crippen LogP contribution in [0.5, 0.6) is 5.75 Å². The molecule has 1 amide bonds. The van der Waals surface area contributed by atoms with E-state index >= 15 is 0 Å². The normalized spacial score (nSPS) is 28.5. The third-order valence-corrected chi connectivity index (χ3v) is 9.05. The summed E-state index contributed by atoms with van der Waals surface area (Å²) in [6.45, 7) is 8.27. The van der Waals surface area contributed by atoms with Gasteiger partial charge in [-0.1, -0.05) is 43.6 Å². The Balaban J connectivity index is 1.30. The minimum atomic E-state index is -0.788. The monoisotopic (exact) mass is 494 g/mol. The number of ether oxygens (including phenoxy) is 1. The Morgan fingerprint density at radius 1 is 1.14 bits per heavy atom. The topological polar surface area (TPSA) is 53.0 Å². The van der Waals surface area contributed by atoms with Crippen LogP contribution >= 0.6 is 11.6 Å². The Hall–Kier alpha value is -2.24. The van der Waals surface area contributed by atoms with Crippen LogP contribution in [0, 0.1) is 17.3 Å². The van der Waals surface area contributed by atoms with Crippen molar-refractivity contribution < 1.29 is 14.6 Å². The molecule has 1 saturated carbocycles. The Bertz CT molecular complexity index is 1140. The van der Waals surface area contributed by atoms with Crippen molar-refractivity contribution in [1.82, 2.24) is 9.80 Å². The molecule has 3 aliphatic heterocycles. The van der Waals surface area contributed by atoms with Crippen molar-refractivity contribution in [2.24, 2.45) is 17.3 Å². The van der Waals surface area contributed by atoms with Gasteiger partial charge in [0, 0.05) is 12.1 Å². The SMILES string of the molecule is CC1(C)Cc2cc(-c3ccc(OCC4CC4)cc3Cl)ccc2[C@@H]1N(C(=O)O)[C@@H]1CN2CCC1CC2. The molecule has 3 heterocycles. The van der Waals surface area contributed by atoms with Crippen LogP contribution in [-0.2, 0) is 6.42 Å². The van der Waals surface area contributed by atoms with Crippen molar-refractivity contribution >= 4 is 17.7 Å². The number of carboxylic acid groups (broad SMARTS) is 1. The largest absolute Gasteiger partial charge is 0.493 e. The lowest BCUT2D eigenvalue weighted by Crippen LogP contribution is -2.60. The van der Waals surface area contributed by atoms with Crippen LogP contribution in [0.25, 0.3) is 11.1 Å². The molecule has 186 valence electrons.